The number of hydrogen-bond acceptors (Lipinski definition) is 4. The van der Waals surface area contributed by atoms with Crippen molar-refractivity contribution in [3.05, 3.63) is 68.4 Å². The minimum absolute atomic E-state index is 0.0474. The van der Waals surface area contributed by atoms with E-state index in [2.05, 4.69) is 25.9 Å². The minimum Gasteiger partial charge on any atom is -0.335 e. The molecule has 6 nitrogen and oxygen atoms in total. The molecule has 0 saturated carbocycles. The van der Waals surface area contributed by atoms with Gasteiger partial charge in [-0.05, 0) is 30.3 Å². The molecule has 1 heterocycles. The summed E-state index contributed by atoms with van der Waals surface area (Å²) in [6.45, 7) is 0. The number of nitro groups is 1. The molecule has 0 atom stereocenters. The summed E-state index contributed by atoms with van der Waals surface area (Å²) in [5.41, 5.74) is 1.42. The van der Waals surface area contributed by atoms with E-state index in [9.17, 15) is 14.9 Å². The highest BCUT2D eigenvalue weighted by Crippen LogP contribution is 2.20. The number of nitrogens with one attached hydrogen (secondary N) is 1. The number of ketones is 1. The lowest BCUT2D eigenvalue weighted by molar-refractivity contribution is -0.384. The van der Waals surface area contributed by atoms with Crippen LogP contribution in [-0.2, 0) is 0 Å². The largest absolute Gasteiger partial charge is 0.335 e. The number of non-ortho nitro benzene ring substituents is 1. The number of hydrogen-bond donors (Lipinski definition) is 1. The third-order valence-corrected chi connectivity index (χ3v) is 3.53. The molecule has 0 aliphatic heterocycles. The highest BCUT2D eigenvalue weighted by atomic mass is 79.9. The van der Waals surface area contributed by atoms with Crippen LogP contribution in [0.3, 0.4) is 0 Å². The summed E-state index contributed by atoms with van der Waals surface area (Å²) < 4.78 is 0.874. The Balaban J connectivity index is 2.02. The van der Waals surface area contributed by atoms with Gasteiger partial charge in [0.2, 0.25) is 5.78 Å². The quantitative estimate of drug-likeness (QED) is 0.447. The summed E-state index contributed by atoms with van der Waals surface area (Å²) in [6.07, 6.45) is 0. The molecule has 0 amide bonds. The number of benzene rings is 2. The SMILES string of the molecule is O=C(c1ccc(Br)cc1)c1nc2ccc([N+](=O)[O-])cc2[nH]1. The Kier molecular flexibility index (Phi) is 3.26. The second-order valence-corrected chi connectivity index (χ2v) is 5.30. The molecule has 1 aromatic heterocycles. The third-order valence-electron chi connectivity index (χ3n) is 3.00. The molecule has 0 saturated heterocycles. The van der Waals surface area contributed by atoms with Gasteiger partial charge in [-0.1, -0.05) is 15.9 Å². The van der Waals surface area contributed by atoms with Gasteiger partial charge in [-0.15, -0.1) is 0 Å². The van der Waals surface area contributed by atoms with E-state index >= 15 is 0 Å². The Morgan fingerprint density at radius 1 is 1.19 bits per heavy atom. The molecule has 0 unspecified atom stereocenters. The number of fused-ring (bicyclic) bond motifs is 1. The van der Waals surface area contributed by atoms with Crippen molar-refractivity contribution < 1.29 is 9.72 Å². The molecule has 3 rings (SSSR count). The summed E-state index contributed by atoms with van der Waals surface area (Å²) >= 11 is 3.30. The zero-order valence-electron chi connectivity index (χ0n) is 10.5. The van der Waals surface area contributed by atoms with E-state index in [0.29, 0.717) is 16.6 Å². The smallest absolute Gasteiger partial charge is 0.271 e. The van der Waals surface area contributed by atoms with Crippen LogP contribution in [0.2, 0.25) is 0 Å². The van der Waals surface area contributed by atoms with Gasteiger partial charge in [0.05, 0.1) is 16.0 Å². The van der Waals surface area contributed by atoms with Gasteiger partial charge >= 0.3 is 0 Å². The molecule has 0 spiro atoms. The molecule has 0 aliphatic carbocycles. The van der Waals surface area contributed by atoms with Crippen LogP contribution in [0, 0.1) is 10.1 Å². The van der Waals surface area contributed by atoms with Crippen molar-refractivity contribution in [2.75, 3.05) is 0 Å². The normalized spacial score (nSPS) is 10.7. The van der Waals surface area contributed by atoms with Crippen LogP contribution in [0.1, 0.15) is 16.2 Å². The molecule has 0 bridgehead atoms. The number of imidazole rings is 1. The summed E-state index contributed by atoms with van der Waals surface area (Å²) in [7, 11) is 0. The molecule has 0 aliphatic rings. The van der Waals surface area contributed by atoms with E-state index < -0.39 is 4.92 Å². The van der Waals surface area contributed by atoms with Crippen LogP contribution in [0.15, 0.2) is 46.9 Å². The average Bonchev–Trinajstić information content (AvgIpc) is 2.90. The van der Waals surface area contributed by atoms with Gasteiger partial charge < -0.3 is 4.98 Å². The second kappa shape index (κ2) is 5.10. The van der Waals surface area contributed by atoms with Crippen LogP contribution in [0.25, 0.3) is 11.0 Å². The lowest BCUT2D eigenvalue weighted by Gasteiger charge is -1.97. The molecule has 0 radical (unpaired) electrons. The molecule has 104 valence electrons. The van der Waals surface area contributed by atoms with Crippen molar-refractivity contribution in [2.24, 2.45) is 0 Å². The van der Waals surface area contributed by atoms with Gasteiger partial charge in [-0.3, -0.25) is 14.9 Å². The maximum absolute atomic E-state index is 12.3. The fourth-order valence-electron chi connectivity index (χ4n) is 1.96. The molecule has 7 heteroatoms. The number of H-pyrrole nitrogens is 1. The lowest BCUT2D eigenvalue weighted by atomic mass is 10.1. The first kappa shape index (κ1) is 13.4. The second-order valence-electron chi connectivity index (χ2n) is 4.38. The molecule has 21 heavy (non-hydrogen) atoms. The highest BCUT2D eigenvalue weighted by Gasteiger charge is 2.15. The number of aromatic amines is 1. The number of nitro benzene ring substituents is 1. The highest BCUT2D eigenvalue weighted by molar-refractivity contribution is 9.10. The van der Waals surface area contributed by atoms with Gasteiger partial charge in [-0.25, -0.2) is 4.98 Å². The van der Waals surface area contributed by atoms with Crippen molar-refractivity contribution >= 4 is 38.4 Å². The Labute approximate surface area is 127 Å². The van der Waals surface area contributed by atoms with E-state index in [-0.39, 0.29) is 17.3 Å². The molecular formula is C14H8BrN3O3. The predicted molar refractivity (Wildman–Crippen MR) is 80.3 cm³/mol. The summed E-state index contributed by atoms with van der Waals surface area (Å²) in [6, 6.07) is 11.1. The topological polar surface area (TPSA) is 88.9 Å². The zero-order chi connectivity index (χ0) is 15.0. The average molecular weight is 346 g/mol. The van der Waals surface area contributed by atoms with Crippen molar-refractivity contribution in [3.8, 4) is 0 Å². The molecule has 2 aromatic carbocycles. The van der Waals surface area contributed by atoms with Gasteiger partial charge in [0.25, 0.3) is 5.69 Å². The van der Waals surface area contributed by atoms with Crippen molar-refractivity contribution in [1.82, 2.24) is 9.97 Å². The fourth-order valence-corrected chi connectivity index (χ4v) is 2.22. The molecule has 1 N–H and O–H groups in total. The van der Waals surface area contributed by atoms with Crippen molar-refractivity contribution in [3.63, 3.8) is 0 Å². The Hall–Kier alpha value is -2.54. The van der Waals surface area contributed by atoms with Gasteiger partial charge in [0.15, 0.2) is 5.82 Å². The first-order valence-electron chi connectivity index (χ1n) is 5.99. The van der Waals surface area contributed by atoms with E-state index in [1.807, 2.05) is 0 Å². The summed E-state index contributed by atoms with van der Waals surface area (Å²) in [5.74, 6) is -0.103. The first-order chi connectivity index (χ1) is 10.0. The Morgan fingerprint density at radius 2 is 1.90 bits per heavy atom. The van der Waals surface area contributed by atoms with Crippen LogP contribution < -0.4 is 0 Å². The van der Waals surface area contributed by atoms with Crippen LogP contribution in [-0.4, -0.2) is 20.7 Å². The fraction of sp³-hybridized carbons (Fsp3) is 0. The standard InChI is InChI=1S/C14H8BrN3O3/c15-9-3-1-8(2-4-9)13(19)14-16-11-6-5-10(18(20)21)7-12(11)17-14/h1-7H,(H,16,17). The zero-order valence-corrected chi connectivity index (χ0v) is 12.1. The lowest BCUT2D eigenvalue weighted by Crippen LogP contribution is -2.03. The van der Waals surface area contributed by atoms with E-state index in [1.165, 1.54) is 18.2 Å². The number of carbonyl (C=O) groups is 1. The number of halogens is 1. The maximum atomic E-state index is 12.3. The maximum Gasteiger partial charge on any atom is 0.271 e. The number of aromatic nitrogens is 2. The van der Waals surface area contributed by atoms with Crippen LogP contribution in [0.5, 0.6) is 0 Å². The Bertz CT molecular complexity index is 856. The minimum atomic E-state index is -0.490. The van der Waals surface area contributed by atoms with Crippen molar-refractivity contribution in [2.45, 2.75) is 0 Å². The van der Waals surface area contributed by atoms with E-state index in [0.717, 1.165) is 4.47 Å². The van der Waals surface area contributed by atoms with Gasteiger partial charge in [-0.2, -0.15) is 0 Å². The first-order valence-corrected chi connectivity index (χ1v) is 6.78. The van der Waals surface area contributed by atoms with Crippen LogP contribution in [0.4, 0.5) is 5.69 Å². The molecule has 0 fully saturated rings. The molecule has 3 aromatic rings. The monoisotopic (exact) mass is 345 g/mol. The van der Waals surface area contributed by atoms with E-state index in [1.54, 1.807) is 24.3 Å². The third kappa shape index (κ3) is 2.55. The summed E-state index contributed by atoms with van der Waals surface area (Å²) in [5, 5.41) is 10.7. The van der Waals surface area contributed by atoms with Gasteiger partial charge in [0.1, 0.15) is 0 Å². The summed E-state index contributed by atoms with van der Waals surface area (Å²) in [4.78, 5) is 29.6. The number of carbonyl (C=O) groups excluding carboxylic acids is 1. The Morgan fingerprint density at radius 3 is 2.57 bits per heavy atom. The van der Waals surface area contributed by atoms with Crippen LogP contribution >= 0.6 is 15.9 Å². The van der Waals surface area contributed by atoms with E-state index in [4.69, 9.17) is 0 Å². The number of rotatable bonds is 3. The molecular weight excluding hydrogens is 338 g/mol. The number of nitrogens with zero attached hydrogens (tertiary/aromatic N) is 2. The van der Waals surface area contributed by atoms with Crippen molar-refractivity contribution in [1.29, 1.82) is 0 Å². The van der Waals surface area contributed by atoms with Gasteiger partial charge in [0, 0.05) is 22.2 Å². The predicted octanol–water partition coefficient (Wildman–Crippen LogP) is 3.46.